The van der Waals surface area contributed by atoms with Crippen molar-refractivity contribution >= 4 is 0 Å². The largest absolute Gasteiger partial charge is 0.382 e. The number of methoxy groups -OCH3 is 1. The van der Waals surface area contributed by atoms with Crippen LogP contribution < -0.4 is 5.73 Å². The third-order valence-electron chi connectivity index (χ3n) is 1.87. The van der Waals surface area contributed by atoms with E-state index in [1.54, 1.807) is 7.11 Å². The molecule has 1 aromatic rings. The van der Waals surface area contributed by atoms with Crippen LogP contribution in [0.15, 0.2) is 0 Å². The van der Waals surface area contributed by atoms with Crippen LogP contribution in [0.25, 0.3) is 0 Å². The normalized spacial score (nSPS) is 13.0. The highest BCUT2D eigenvalue weighted by molar-refractivity contribution is 4.94. The van der Waals surface area contributed by atoms with Gasteiger partial charge in [0.15, 0.2) is 5.82 Å². The highest BCUT2D eigenvalue weighted by atomic mass is 16.5. The van der Waals surface area contributed by atoms with Gasteiger partial charge in [0.2, 0.25) is 0 Å². The number of aromatic nitrogens is 3. The maximum Gasteiger partial charge on any atom is 0.167 e. The van der Waals surface area contributed by atoms with E-state index in [0.717, 1.165) is 5.82 Å². The van der Waals surface area contributed by atoms with Gasteiger partial charge in [-0.05, 0) is 6.92 Å². The molecule has 0 aromatic carbocycles. The van der Waals surface area contributed by atoms with Gasteiger partial charge >= 0.3 is 0 Å². The summed E-state index contributed by atoms with van der Waals surface area (Å²) in [5.41, 5.74) is 5.63. The minimum absolute atomic E-state index is 0.135. The molecule has 0 radical (unpaired) electrons. The lowest BCUT2D eigenvalue weighted by Gasteiger charge is -2.00. The lowest BCUT2D eigenvalue weighted by molar-refractivity contribution is 0.0716. The van der Waals surface area contributed by atoms with Crippen molar-refractivity contribution in [2.75, 3.05) is 26.9 Å². The lowest BCUT2D eigenvalue weighted by atomic mass is 10.3. The summed E-state index contributed by atoms with van der Waals surface area (Å²) in [6.45, 7) is 3.67. The number of nitrogens with one attached hydrogen (secondary N) is 1. The molecular weight excluding hydrogens is 196 g/mol. The van der Waals surface area contributed by atoms with Crippen LogP contribution in [0.1, 0.15) is 24.6 Å². The van der Waals surface area contributed by atoms with Gasteiger partial charge in [-0.25, -0.2) is 4.98 Å². The Kier molecular flexibility index (Phi) is 5.23. The van der Waals surface area contributed by atoms with Crippen LogP contribution >= 0.6 is 0 Å². The predicted molar refractivity (Wildman–Crippen MR) is 55.4 cm³/mol. The van der Waals surface area contributed by atoms with E-state index in [1.165, 1.54) is 0 Å². The van der Waals surface area contributed by atoms with Crippen molar-refractivity contribution in [1.29, 1.82) is 0 Å². The number of H-pyrrole nitrogens is 1. The van der Waals surface area contributed by atoms with Crippen LogP contribution in [0.4, 0.5) is 0 Å². The Morgan fingerprint density at radius 2 is 2.20 bits per heavy atom. The summed E-state index contributed by atoms with van der Waals surface area (Å²) in [5.74, 6) is 1.45. The summed E-state index contributed by atoms with van der Waals surface area (Å²) < 4.78 is 10.2. The predicted octanol–water partition coefficient (Wildman–Crippen LogP) is 0.0299. The lowest BCUT2D eigenvalue weighted by Crippen LogP contribution is -2.07. The SMILES string of the molecule is COCCOCCc1nc(C(C)N)n[nH]1. The molecule has 1 atom stereocenters. The average Bonchev–Trinajstić information content (AvgIpc) is 2.66. The van der Waals surface area contributed by atoms with Gasteiger partial charge in [-0.2, -0.15) is 5.10 Å². The fourth-order valence-corrected chi connectivity index (χ4v) is 1.04. The highest BCUT2D eigenvalue weighted by Gasteiger charge is 2.06. The quantitative estimate of drug-likeness (QED) is 0.625. The monoisotopic (exact) mass is 214 g/mol. The van der Waals surface area contributed by atoms with Crippen LogP contribution in [0.3, 0.4) is 0 Å². The van der Waals surface area contributed by atoms with Gasteiger partial charge in [-0.1, -0.05) is 0 Å². The second-order valence-corrected chi connectivity index (χ2v) is 3.28. The Hall–Kier alpha value is -0.980. The average molecular weight is 214 g/mol. The maximum atomic E-state index is 5.63. The van der Waals surface area contributed by atoms with E-state index in [0.29, 0.717) is 32.1 Å². The standard InChI is InChI=1S/C9H18N4O2/c1-7(10)9-11-8(12-13-9)3-4-15-6-5-14-2/h7H,3-6,10H2,1-2H3,(H,11,12,13). The minimum Gasteiger partial charge on any atom is -0.382 e. The zero-order valence-corrected chi connectivity index (χ0v) is 9.19. The number of rotatable bonds is 7. The zero-order chi connectivity index (χ0) is 11.1. The van der Waals surface area contributed by atoms with Crippen LogP contribution in [0, 0.1) is 0 Å². The van der Waals surface area contributed by atoms with E-state index >= 15 is 0 Å². The molecular formula is C9H18N4O2. The van der Waals surface area contributed by atoms with Crippen LogP contribution in [-0.2, 0) is 15.9 Å². The molecule has 1 heterocycles. The van der Waals surface area contributed by atoms with Gasteiger partial charge in [0.1, 0.15) is 5.82 Å². The van der Waals surface area contributed by atoms with Crippen LogP contribution in [0.2, 0.25) is 0 Å². The topological polar surface area (TPSA) is 86.1 Å². The molecule has 0 amide bonds. The highest BCUT2D eigenvalue weighted by Crippen LogP contribution is 2.02. The minimum atomic E-state index is -0.135. The van der Waals surface area contributed by atoms with E-state index in [1.807, 2.05) is 6.92 Å². The van der Waals surface area contributed by atoms with Gasteiger partial charge in [0.25, 0.3) is 0 Å². The molecule has 15 heavy (non-hydrogen) atoms. The van der Waals surface area contributed by atoms with Crippen molar-refractivity contribution in [2.45, 2.75) is 19.4 Å². The molecule has 0 aliphatic carbocycles. The first-order chi connectivity index (χ1) is 7.24. The number of aromatic amines is 1. The number of hydrogen-bond donors (Lipinski definition) is 2. The number of nitrogens with two attached hydrogens (primary N) is 1. The van der Waals surface area contributed by atoms with Crippen molar-refractivity contribution in [3.63, 3.8) is 0 Å². The summed E-state index contributed by atoms with van der Waals surface area (Å²) in [6.07, 6.45) is 0.712. The molecule has 3 N–H and O–H groups in total. The smallest absolute Gasteiger partial charge is 0.167 e. The summed E-state index contributed by atoms with van der Waals surface area (Å²) in [4.78, 5) is 4.22. The van der Waals surface area contributed by atoms with Crippen molar-refractivity contribution in [1.82, 2.24) is 15.2 Å². The number of ether oxygens (including phenoxy) is 2. The molecule has 1 unspecified atom stereocenters. The van der Waals surface area contributed by atoms with E-state index in [4.69, 9.17) is 15.2 Å². The van der Waals surface area contributed by atoms with E-state index in [2.05, 4.69) is 15.2 Å². The Morgan fingerprint density at radius 3 is 2.80 bits per heavy atom. The molecule has 0 bridgehead atoms. The third-order valence-corrected chi connectivity index (χ3v) is 1.87. The first kappa shape index (κ1) is 12.1. The first-order valence-corrected chi connectivity index (χ1v) is 4.97. The van der Waals surface area contributed by atoms with Crippen molar-refractivity contribution in [3.05, 3.63) is 11.6 Å². The number of nitrogens with zero attached hydrogens (tertiary/aromatic N) is 2. The van der Waals surface area contributed by atoms with Gasteiger partial charge in [-0.15, -0.1) is 0 Å². The van der Waals surface area contributed by atoms with Crippen molar-refractivity contribution in [2.24, 2.45) is 5.73 Å². The zero-order valence-electron chi connectivity index (χ0n) is 9.19. The molecule has 0 aliphatic heterocycles. The molecule has 0 saturated heterocycles. The first-order valence-electron chi connectivity index (χ1n) is 4.97. The molecule has 6 nitrogen and oxygen atoms in total. The Bertz CT molecular complexity index is 275. The van der Waals surface area contributed by atoms with Crippen LogP contribution in [-0.4, -0.2) is 42.1 Å². The van der Waals surface area contributed by atoms with Gasteiger partial charge < -0.3 is 15.2 Å². The summed E-state index contributed by atoms with van der Waals surface area (Å²) in [7, 11) is 1.65. The van der Waals surface area contributed by atoms with Gasteiger partial charge in [0, 0.05) is 13.5 Å². The maximum absolute atomic E-state index is 5.63. The van der Waals surface area contributed by atoms with Gasteiger partial charge in [0.05, 0.1) is 25.9 Å². The van der Waals surface area contributed by atoms with E-state index in [-0.39, 0.29) is 6.04 Å². The fourth-order valence-electron chi connectivity index (χ4n) is 1.04. The summed E-state index contributed by atoms with van der Waals surface area (Å²) in [5, 5.41) is 6.82. The van der Waals surface area contributed by atoms with Crippen molar-refractivity contribution in [3.8, 4) is 0 Å². The molecule has 6 heteroatoms. The Labute approximate surface area is 89.2 Å². The van der Waals surface area contributed by atoms with Gasteiger partial charge in [-0.3, -0.25) is 5.10 Å². The summed E-state index contributed by atoms with van der Waals surface area (Å²) in [6, 6.07) is -0.135. The second kappa shape index (κ2) is 6.49. The molecule has 1 rings (SSSR count). The Balaban J connectivity index is 2.20. The van der Waals surface area contributed by atoms with Crippen LogP contribution in [0.5, 0.6) is 0 Å². The fraction of sp³-hybridized carbons (Fsp3) is 0.778. The molecule has 86 valence electrons. The van der Waals surface area contributed by atoms with Crippen molar-refractivity contribution < 1.29 is 9.47 Å². The molecule has 0 fully saturated rings. The van der Waals surface area contributed by atoms with E-state index < -0.39 is 0 Å². The number of hydrogen-bond acceptors (Lipinski definition) is 5. The molecule has 0 spiro atoms. The second-order valence-electron chi connectivity index (χ2n) is 3.28. The third kappa shape index (κ3) is 4.37. The molecule has 1 aromatic heterocycles. The summed E-state index contributed by atoms with van der Waals surface area (Å²) >= 11 is 0. The molecule has 0 aliphatic rings. The molecule has 0 saturated carbocycles. The van der Waals surface area contributed by atoms with E-state index in [9.17, 15) is 0 Å². The Morgan fingerprint density at radius 1 is 1.40 bits per heavy atom.